The Balaban J connectivity index is 1.58. The number of rotatable bonds is 5. The molecule has 0 spiro atoms. The van der Waals surface area contributed by atoms with Gasteiger partial charge in [0, 0.05) is 49.6 Å². The molecule has 0 radical (unpaired) electrons. The highest BCUT2D eigenvalue weighted by Crippen LogP contribution is 2.36. The van der Waals surface area contributed by atoms with Gasteiger partial charge in [0.15, 0.2) is 0 Å². The van der Waals surface area contributed by atoms with E-state index in [1.165, 1.54) is 0 Å². The van der Waals surface area contributed by atoms with Crippen LogP contribution >= 0.6 is 11.6 Å². The number of piperidine rings is 1. The van der Waals surface area contributed by atoms with E-state index in [0.29, 0.717) is 36.4 Å². The van der Waals surface area contributed by atoms with Crippen LogP contribution in [0.1, 0.15) is 32.3 Å². The van der Waals surface area contributed by atoms with Crippen molar-refractivity contribution in [3.63, 3.8) is 0 Å². The monoisotopic (exact) mass is 406 g/mol. The van der Waals surface area contributed by atoms with Gasteiger partial charge in [0.05, 0.1) is 6.42 Å². The summed E-state index contributed by atoms with van der Waals surface area (Å²) in [4.78, 5) is 28.9. The molecule has 5 nitrogen and oxygen atoms in total. The zero-order chi connectivity index (χ0) is 20.3. The molecular formula is C22H31ClN2O3. The van der Waals surface area contributed by atoms with Gasteiger partial charge in [-0.25, -0.2) is 0 Å². The predicted octanol–water partition coefficient (Wildman–Crippen LogP) is 2.84. The number of aliphatic hydroxyl groups is 1. The number of aliphatic hydroxyl groups excluding tert-OH is 1. The van der Waals surface area contributed by atoms with Crippen molar-refractivity contribution in [2.24, 2.45) is 23.7 Å². The third-order valence-corrected chi connectivity index (χ3v) is 6.51. The van der Waals surface area contributed by atoms with Crippen LogP contribution in [0.5, 0.6) is 0 Å². The Morgan fingerprint density at radius 3 is 2.50 bits per heavy atom. The van der Waals surface area contributed by atoms with Crippen LogP contribution in [-0.4, -0.2) is 59.5 Å². The van der Waals surface area contributed by atoms with Crippen LogP contribution in [0.25, 0.3) is 0 Å². The summed E-state index contributed by atoms with van der Waals surface area (Å²) in [5.41, 5.74) is 0.919. The van der Waals surface area contributed by atoms with Gasteiger partial charge in [-0.15, -0.1) is 0 Å². The summed E-state index contributed by atoms with van der Waals surface area (Å²) < 4.78 is 0. The highest BCUT2D eigenvalue weighted by Gasteiger charge is 2.40. The number of hydrogen-bond donors (Lipinski definition) is 1. The summed E-state index contributed by atoms with van der Waals surface area (Å²) in [6.07, 6.45) is 2.25. The molecule has 0 aromatic heterocycles. The van der Waals surface area contributed by atoms with E-state index in [4.69, 9.17) is 11.6 Å². The van der Waals surface area contributed by atoms with Crippen molar-refractivity contribution in [2.45, 2.75) is 33.1 Å². The van der Waals surface area contributed by atoms with Crippen LogP contribution in [0.4, 0.5) is 0 Å². The SMILES string of the molecule is CC(C)C(=O)N1CCC(C2CN(C(=O)Cc3cccc(Cl)c3)CC2CO)CC1. The van der Waals surface area contributed by atoms with E-state index in [9.17, 15) is 14.7 Å². The molecule has 2 aliphatic heterocycles. The van der Waals surface area contributed by atoms with Gasteiger partial charge in [-0.3, -0.25) is 9.59 Å². The number of halogens is 1. The fraction of sp³-hybridized carbons (Fsp3) is 0.636. The molecule has 2 atom stereocenters. The molecule has 28 heavy (non-hydrogen) atoms. The highest BCUT2D eigenvalue weighted by atomic mass is 35.5. The summed E-state index contributed by atoms with van der Waals surface area (Å²) in [7, 11) is 0. The lowest BCUT2D eigenvalue weighted by Crippen LogP contribution is -2.43. The van der Waals surface area contributed by atoms with Crippen LogP contribution in [0.15, 0.2) is 24.3 Å². The van der Waals surface area contributed by atoms with E-state index in [2.05, 4.69) is 0 Å². The fourth-order valence-electron chi connectivity index (χ4n) is 4.67. The Kier molecular flexibility index (Phi) is 7.00. The molecule has 1 aromatic rings. The lowest BCUT2D eigenvalue weighted by Gasteiger charge is -2.37. The zero-order valence-electron chi connectivity index (χ0n) is 16.8. The second kappa shape index (κ2) is 9.27. The molecule has 0 aliphatic carbocycles. The van der Waals surface area contributed by atoms with Gasteiger partial charge in [-0.2, -0.15) is 0 Å². The highest BCUT2D eigenvalue weighted by molar-refractivity contribution is 6.30. The molecule has 1 aromatic carbocycles. The largest absolute Gasteiger partial charge is 0.396 e. The number of likely N-dealkylation sites (tertiary alicyclic amines) is 2. The Morgan fingerprint density at radius 1 is 1.18 bits per heavy atom. The summed E-state index contributed by atoms with van der Waals surface area (Å²) in [6, 6.07) is 7.42. The van der Waals surface area contributed by atoms with Gasteiger partial charge in [-0.05, 0) is 42.4 Å². The lowest BCUT2D eigenvalue weighted by molar-refractivity contribution is -0.136. The Labute approximate surface area is 172 Å². The third kappa shape index (κ3) is 4.87. The number of nitrogens with zero attached hydrogens (tertiary/aromatic N) is 2. The summed E-state index contributed by atoms with van der Waals surface area (Å²) in [6.45, 7) is 6.88. The van der Waals surface area contributed by atoms with Crippen LogP contribution < -0.4 is 0 Å². The summed E-state index contributed by atoms with van der Waals surface area (Å²) in [5, 5.41) is 10.5. The quantitative estimate of drug-likeness (QED) is 0.817. The molecule has 2 aliphatic rings. The van der Waals surface area contributed by atoms with Gasteiger partial charge in [-0.1, -0.05) is 37.6 Å². The Hall–Kier alpha value is -1.59. The van der Waals surface area contributed by atoms with Crippen LogP contribution in [0, 0.1) is 23.7 Å². The van der Waals surface area contributed by atoms with Crippen LogP contribution in [0.3, 0.4) is 0 Å². The number of hydrogen-bond acceptors (Lipinski definition) is 3. The first-order chi connectivity index (χ1) is 13.4. The van der Waals surface area contributed by atoms with E-state index >= 15 is 0 Å². The minimum Gasteiger partial charge on any atom is -0.396 e. The van der Waals surface area contributed by atoms with E-state index < -0.39 is 0 Å². The molecule has 1 N–H and O–H groups in total. The number of carbonyl (C=O) groups excluding carboxylic acids is 2. The van der Waals surface area contributed by atoms with Gasteiger partial charge < -0.3 is 14.9 Å². The molecule has 2 amide bonds. The Bertz CT molecular complexity index is 701. The molecule has 2 saturated heterocycles. The number of carbonyl (C=O) groups is 2. The predicted molar refractivity (Wildman–Crippen MR) is 110 cm³/mol. The first-order valence-electron chi connectivity index (χ1n) is 10.3. The molecule has 0 bridgehead atoms. The average Bonchev–Trinajstić information content (AvgIpc) is 3.12. The van der Waals surface area contributed by atoms with E-state index in [-0.39, 0.29) is 30.3 Å². The zero-order valence-corrected chi connectivity index (χ0v) is 17.6. The summed E-state index contributed by atoms with van der Waals surface area (Å²) >= 11 is 6.03. The van der Waals surface area contributed by atoms with Crippen LogP contribution in [0.2, 0.25) is 5.02 Å². The fourth-order valence-corrected chi connectivity index (χ4v) is 4.89. The average molecular weight is 407 g/mol. The van der Waals surface area contributed by atoms with Crippen molar-refractivity contribution in [1.29, 1.82) is 0 Å². The second-order valence-electron chi connectivity index (χ2n) is 8.53. The number of benzene rings is 1. The molecule has 154 valence electrons. The van der Waals surface area contributed by atoms with Crippen molar-refractivity contribution >= 4 is 23.4 Å². The minimum absolute atomic E-state index is 0.0350. The molecule has 6 heteroatoms. The first-order valence-corrected chi connectivity index (χ1v) is 10.7. The molecule has 2 heterocycles. The second-order valence-corrected chi connectivity index (χ2v) is 8.97. The van der Waals surface area contributed by atoms with Crippen molar-refractivity contribution in [1.82, 2.24) is 9.80 Å². The maximum Gasteiger partial charge on any atom is 0.227 e. The smallest absolute Gasteiger partial charge is 0.227 e. The van der Waals surface area contributed by atoms with Crippen LogP contribution in [-0.2, 0) is 16.0 Å². The molecular weight excluding hydrogens is 376 g/mol. The molecule has 2 unspecified atom stereocenters. The van der Waals surface area contributed by atoms with Crippen molar-refractivity contribution in [3.05, 3.63) is 34.9 Å². The lowest BCUT2D eigenvalue weighted by atomic mass is 9.78. The normalized spacial score (nSPS) is 23.5. The minimum atomic E-state index is 0.0350. The maximum absolute atomic E-state index is 12.8. The van der Waals surface area contributed by atoms with E-state index in [0.717, 1.165) is 31.5 Å². The molecule has 0 saturated carbocycles. The van der Waals surface area contributed by atoms with Gasteiger partial charge in [0.1, 0.15) is 0 Å². The van der Waals surface area contributed by atoms with E-state index in [1.807, 2.05) is 41.8 Å². The first kappa shape index (κ1) is 21.1. The maximum atomic E-state index is 12.8. The van der Waals surface area contributed by atoms with E-state index in [1.54, 1.807) is 6.07 Å². The third-order valence-electron chi connectivity index (χ3n) is 6.27. The Morgan fingerprint density at radius 2 is 1.89 bits per heavy atom. The van der Waals surface area contributed by atoms with Gasteiger partial charge >= 0.3 is 0 Å². The standard InChI is InChI=1S/C22H31ClN2O3/c1-15(2)22(28)24-8-6-17(7-9-24)20-13-25(12-18(20)14-26)21(27)11-16-4-3-5-19(23)10-16/h3-5,10,15,17-18,20,26H,6-9,11-14H2,1-2H3. The summed E-state index contributed by atoms with van der Waals surface area (Å²) in [5.74, 6) is 1.24. The molecule has 3 rings (SSSR count). The van der Waals surface area contributed by atoms with Crippen molar-refractivity contribution in [2.75, 3.05) is 32.8 Å². The number of amides is 2. The molecule has 2 fully saturated rings. The van der Waals surface area contributed by atoms with Gasteiger partial charge in [0.25, 0.3) is 0 Å². The van der Waals surface area contributed by atoms with Crippen molar-refractivity contribution in [3.8, 4) is 0 Å². The van der Waals surface area contributed by atoms with Crippen molar-refractivity contribution < 1.29 is 14.7 Å². The topological polar surface area (TPSA) is 60.9 Å². The van der Waals surface area contributed by atoms with Gasteiger partial charge in [0.2, 0.25) is 11.8 Å².